The van der Waals surface area contributed by atoms with Gasteiger partial charge in [-0.1, -0.05) is 329 Å². The molecule has 25 nitrogen and oxygen atoms in total. The number of hydrogen-bond acceptors (Lipinski definition) is 24. The van der Waals surface area contributed by atoms with Crippen LogP contribution < -0.4 is 0 Å². The van der Waals surface area contributed by atoms with E-state index in [1.807, 2.05) is 0 Å². The molecule has 1 aliphatic carbocycles. The molecule has 10 N–H and O–H groups in total. The van der Waals surface area contributed by atoms with Gasteiger partial charge in [0.1, 0.15) is 92.6 Å². The summed E-state index contributed by atoms with van der Waals surface area (Å²) in [6.07, 6.45) is 30.2. The van der Waals surface area contributed by atoms with Crippen molar-refractivity contribution >= 4 is 31.7 Å². The van der Waals surface area contributed by atoms with Crippen LogP contribution in [0.25, 0.3) is 0 Å². The highest BCUT2D eigenvalue weighted by molar-refractivity contribution is 7.47. The molecule has 0 aromatic heterocycles. The number of rotatable bonds is 77. The molecule has 0 spiro atoms. The molecule has 1 saturated carbocycles. The highest BCUT2D eigenvalue weighted by Gasteiger charge is 2.60. The van der Waals surface area contributed by atoms with Gasteiger partial charge in [0.2, 0.25) is 0 Å². The summed E-state index contributed by atoms with van der Waals surface area (Å²) in [7, 11) is -5.81. The van der Waals surface area contributed by atoms with Crippen molar-refractivity contribution in [3.8, 4) is 0 Å². The van der Waals surface area contributed by atoms with Gasteiger partial charge in [-0.15, -0.1) is 0 Å². The van der Waals surface area contributed by atoms with Gasteiger partial charge in [-0.05, 0) is 83.0 Å². The van der Waals surface area contributed by atoms with Crippen LogP contribution in [0.15, 0.2) is 24.3 Å². The summed E-state index contributed by atoms with van der Waals surface area (Å²) in [5.41, 5.74) is 0. The molecule has 0 radical (unpaired) electrons. The molecule has 0 aromatic rings. The van der Waals surface area contributed by atoms with Gasteiger partial charge < -0.3 is 88.7 Å². The third-order valence-corrected chi connectivity index (χ3v) is 24.6. The van der Waals surface area contributed by atoms with E-state index in [0.717, 1.165) is 135 Å². The van der Waals surface area contributed by atoms with Crippen LogP contribution in [0, 0.1) is 5.92 Å². The number of hydrogen-bond donors (Lipinski definition) is 10. The molecular formula is C93H171O25P. The predicted molar refractivity (Wildman–Crippen MR) is 462 cm³/mol. The van der Waals surface area contributed by atoms with E-state index in [0.29, 0.717) is 50.9 Å². The number of carbonyl (C=O) groups is 4. The maximum atomic E-state index is 14.9. The molecule has 3 rings (SSSR count). The van der Waals surface area contributed by atoms with E-state index in [1.54, 1.807) is 0 Å². The summed E-state index contributed by atoms with van der Waals surface area (Å²) in [5, 5.41) is 102. The minimum Gasteiger partial charge on any atom is -0.463 e. The molecule has 19 unspecified atom stereocenters. The van der Waals surface area contributed by atoms with Crippen molar-refractivity contribution in [1.29, 1.82) is 0 Å². The summed E-state index contributed by atoms with van der Waals surface area (Å²) in [4.78, 5) is 66.6. The lowest BCUT2D eigenvalue weighted by molar-refractivity contribution is -0.360. The summed E-state index contributed by atoms with van der Waals surface area (Å²) < 4.78 is 73.5. The lowest BCUT2D eigenvalue weighted by Crippen LogP contribution is -2.70. The number of aliphatic hydroxyl groups is 9. The molecule has 0 bridgehead atoms. The maximum Gasteiger partial charge on any atom is 0.472 e. The Kier molecular flexibility index (Phi) is 65.7. The predicted octanol–water partition coefficient (Wildman–Crippen LogP) is 18.0. The van der Waals surface area contributed by atoms with Gasteiger partial charge in [0.05, 0.1) is 13.2 Å². The van der Waals surface area contributed by atoms with Crippen LogP contribution in [0.1, 0.15) is 407 Å². The van der Waals surface area contributed by atoms with Crippen LogP contribution in [0.5, 0.6) is 0 Å². The van der Waals surface area contributed by atoms with Gasteiger partial charge in [0.25, 0.3) is 0 Å². The highest BCUT2D eigenvalue weighted by atomic mass is 31.2. The second kappa shape index (κ2) is 71.0. The summed E-state index contributed by atoms with van der Waals surface area (Å²) in [6, 6.07) is 0. The third-order valence-electron chi connectivity index (χ3n) is 23.6. The van der Waals surface area contributed by atoms with Crippen LogP contribution in [-0.4, -0.2) is 205 Å². The summed E-state index contributed by atoms with van der Waals surface area (Å²) in [5.74, 6) is -2.29. The molecule has 3 fully saturated rings. The molecule has 119 heavy (non-hydrogen) atoms. The molecule has 698 valence electrons. The molecule has 3 aliphatic rings. The summed E-state index contributed by atoms with van der Waals surface area (Å²) >= 11 is 0. The first-order valence-electron chi connectivity index (χ1n) is 48.0. The van der Waals surface area contributed by atoms with Gasteiger partial charge in [0, 0.05) is 25.7 Å². The van der Waals surface area contributed by atoms with Gasteiger partial charge in [-0.25, -0.2) is 4.57 Å². The fourth-order valence-corrected chi connectivity index (χ4v) is 16.8. The zero-order chi connectivity index (χ0) is 86.9. The van der Waals surface area contributed by atoms with Crippen LogP contribution >= 0.6 is 7.82 Å². The number of allylic oxidation sites excluding steroid dienone is 4. The van der Waals surface area contributed by atoms with E-state index in [2.05, 4.69) is 58.9 Å². The van der Waals surface area contributed by atoms with E-state index >= 15 is 0 Å². The number of esters is 4. The Morgan fingerprint density at radius 3 is 1.10 bits per heavy atom. The van der Waals surface area contributed by atoms with E-state index in [-0.39, 0.29) is 25.7 Å². The maximum absolute atomic E-state index is 14.9. The highest BCUT2D eigenvalue weighted by Crippen LogP contribution is 2.49. The van der Waals surface area contributed by atoms with Crippen LogP contribution in [0.3, 0.4) is 0 Å². The SMILES string of the molecule is CCCCCC/C=C\CCCCCCCCCC(=O)OC(COC(=O)CCCCCCCCC(C)CCCCCCCC)COP(=O)(O)OC1C(OC2OC(CO)C(O)C(O)C2O)C(O)C(O)C(OC(=O)CCCCCCCCCCCCCCCCCC)C1OC1OC(COC(=O)CCCCC/C=C\CCCCCCCC)C(O)C(O)C1O. The molecule has 26 heteroatoms. The molecule has 2 saturated heterocycles. The fourth-order valence-electron chi connectivity index (χ4n) is 15.8. The lowest BCUT2D eigenvalue weighted by Gasteiger charge is -2.50. The van der Waals surface area contributed by atoms with Crippen LogP contribution in [0.4, 0.5) is 0 Å². The normalized spacial score (nSPS) is 25.2. The monoisotopic (exact) mass is 1720 g/mol. The van der Waals surface area contributed by atoms with Crippen molar-refractivity contribution in [1.82, 2.24) is 0 Å². The second-order valence-electron chi connectivity index (χ2n) is 34.5. The Balaban J connectivity index is 1.92. The molecule has 19 atom stereocenters. The Hall–Kier alpha value is -3.05. The Morgan fingerprint density at radius 1 is 0.353 bits per heavy atom. The van der Waals surface area contributed by atoms with Gasteiger partial charge >= 0.3 is 31.7 Å². The van der Waals surface area contributed by atoms with E-state index in [1.165, 1.54) is 167 Å². The Labute approximate surface area is 717 Å². The average Bonchev–Trinajstić information content (AvgIpc) is 0.754. The third kappa shape index (κ3) is 51.4. The number of carbonyl (C=O) groups excluding carboxylic acids is 4. The number of phosphoric acid groups is 1. The lowest BCUT2D eigenvalue weighted by atomic mass is 9.84. The van der Waals surface area contributed by atoms with E-state index in [9.17, 15) is 74.6 Å². The molecular weight excluding hydrogens is 1550 g/mol. The van der Waals surface area contributed by atoms with Crippen LogP contribution in [0.2, 0.25) is 0 Å². The van der Waals surface area contributed by atoms with Crippen LogP contribution in [-0.2, 0) is 70.7 Å². The molecule has 2 heterocycles. The van der Waals surface area contributed by atoms with E-state index < -0.39 is 162 Å². The van der Waals surface area contributed by atoms with Crippen molar-refractivity contribution in [3.63, 3.8) is 0 Å². The first-order valence-corrected chi connectivity index (χ1v) is 49.5. The largest absolute Gasteiger partial charge is 0.472 e. The Bertz CT molecular complexity index is 2580. The number of unbranched alkanes of at least 4 members (excludes halogenated alkanes) is 45. The quantitative estimate of drug-likeness (QED) is 0.00889. The second-order valence-corrected chi connectivity index (χ2v) is 35.9. The average molecular weight is 1720 g/mol. The molecule has 2 aliphatic heterocycles. The van der Waals surface area contributed by atoms with Gasteiger partial charge in [-0.3, -0.25) is 28.2 Å². The van der Waals surface area contributed by atoms with Crippen molar-refractivity contribution in [3.05, 3.63) is 24.3 Å². The Morgan fingerprint density at radius 2 is 0.681 bits per heavy atom. The fraction of sp³-hybridized carbons (Fsp3) is 0.914. The number of ether oxygens (including phenoxy) is 8. The van der Waals surface area contributed by atoms with Gasteiger partial charge in [-0.2, -0.15) is 0 Å². The van der Waals surface area contributed by atoms with Crippen molar-refractivity contribution in [2.24, 2.45) is 5.92 Å². The van der Waals surface area contributed by atoms with Crippen molar-refractivity contribution in [2.45, 2.75) is 511 Å². The molecule has 0 aromatic carbocycles. The standard InChI is InChI=1S/C93H171O25P/c1-6-10-14-18-22-25-28-31-33-35-38-41-44-47-55-61-67-79(98)115-88-84(103)85(104)89(116-92-86(105)82(101)80(99)74(68-94)113-92)91(90(88)117-93-87(106)83(102)81(100)75(114-93)71-110-77(96)65-59-52-45-42-39-36-30-27-24-20-16-12-8-3)118-119(107,108)111-70-73(112-78(97)66-60-54-46-43-40-37-34-32-29-26-23-19-15-11-7-2)69-109-76(95)64-58-53-49-48-51-57-63-72(5)62-56-50-21-17-13-9-4/h26,29,36,39,72-75,80-94,99-106H,6-25,27-28,30-35,37-38,40-71H2,1-5H3,(H,107,108)/b29-26-,39-36-. The first kappa shape index (κ1) is 110. The zero-order valence-corrected chi connectivity index (χ0v) is 75.5. The van der Waals surface area contributed by atoms with Crippen molar-refractivity contribution in [2.75, 3.05) is 26.4 Å². The number of phosphoric ester groups is 1. The first-order chi connectivity index (χ1) is 57.6. The summed E-state index contributed by atoms with van der Waals surface area (Å²) in [6.45, 7) is 7.91. The topological polar surface area (TPSA) is 380 Å². The zero-order valence-electron chi connectivity index (χ0n) is 74.6. The minimum atomic E-state index is -5.81. The van der Waals surface area contributed by atoms with Gasteiger partial charge in [0.15, 0.2) is 24.8 Å². The van der Waals surface area contributed by atoms with E-state index in [4.69, 9.17) is 46.9 Å². The minimum absolute atomic E-state index is 0.00591. The smallest absolute Gasteiger partial charge is 0.463 e. The molecule has 0 amide bonds. The van der Waals surface area contributed by atoms with Crippen molar-refractivity contribution < 1.29 is 122 Å². The number of aliphatic hydroxyl groups excluding tert-OH is 9.